The molecule has 88 valence electrons. The normalized spacial score (nSPS) is 21.3. The molecule has 0 heterocycles. The van der Waals surface area contributed by atoms with Gasteiger partial charge in [0.05, 0.1) is 6.04 Å². The zero-order valence-electron chi connectivity index (χ0n) is 9.71. The van der Waals surface area contributed by atoms with E-state index in [4.69, 9.17) is 5.73 Å². The van der Waals surface area contributed by atoms with E-state index in [1.165, 1.54) is 12.8 Å². The average Bonchev–Trinajstić information content (AvgIpc) is 2.61. The first-order valence-corrected chi connectivity index (χ1v) is 7.03. The zero-order valence-corrected chi connectivity index (χ0v) is 10.5. The number of hydrogen-bond acceptors (Lipinski definition) is 3. The first-order valence-electron chi connectivity index (χ1n) is 5.64. The van der Waals surface area contributed by atoms with Gasteiger partial charge in [0.2, 0.25) is 5.91 Å². The molecule has 15 heavy (non-hydrogen) atoms. The van der Waals surface area contributed by atoms with Crippen molar-refractivity contribution in [3.8, 4) is 0 Å². The Morgan fingerprint density at radius 1 is 1.53 bits per heavy atom. The molecule has 1 amide bonds. The molecule has 1 rings (SSSR count). The van der Waals surface area contributed by atoms with Gasteiger partial charge in [-0.2, -0.15) is 11.8 Å². The third-order valence-corrected chi connectivity index (χ3v) is 3.75. The summed E-state index contributed by atoms with van der Waals surface area (Å²) in [6, 6.07) is -0.338. The summed E-state index contributed by atoms with van der Waals surface area (Å²) in [6.45, 7) is 2.12. The first-order chi connectivity index (χ1) is 7.07. The van der Waals surface area contributed by atoms with Crippen LogP contribution in [-0.4, -0.2) is 29.5 Å². The minimum Gasteiger partial charge on any atom is -0.350 e. The van der Waals surface area contributed by atoms with Gasteiger partial charge in [0.1, 0.15) is 0 Å². The molecule has 0 unspecified atom stereocenters. The molecule has 0 spiro atoms. The van der Waals surface area contributed by atoms with Crippen molar-refractivity contribution in [1.82, 2.24) is 5.32 Å². The van der Waals surface area contributed by atoms with Gasteiger partial charge in [-0.1, -0.05) is 12.8 Å². The fourth-order valence-electron chi connectivity index (χ4n) is 2.05. The van der Waals surface area contributed by atoms with E-state index in [9.17, 15) is 4.79 Å². The number of carbonyl (C=O) groups excluding carboxylic acids is 1. The van der Waals surface area contributed by atoms with Crippen LogP contribution in [0.1, 0.15) is 39.0 Å². The van der Waals surface area contributed by atoms with E-state index >= 15 is 0 Å². The van der Waals surface area contributed by atoms with E-state index in [1.807, 2.05) is 6.26 Å². The van der Waals surface area contributed by atoms with Gasteiger partial charge in [0, 0.05) is 5.54 Å². The number of carbonyl (C=O) groups is 1. The molecule has 3 N–H and O–H groups in total. The van der Waals surface area contributed by atoms with E-state index in [0.717, 1.165) is 25.0 Å². The fraction of sp³-hybridized carbons (Fsp3) is 0.909. The standard InChI is InChI=1S/C11H22N2OS/c1-11(6-3-4-7-11)13-10(14)9(12)5-8-15-2/h9H,3-8,12H2,1-2H3,(H,13,14)/t9-/m1/s1. The Morgan fingerprint density at radius 2 is 2.13 bits per heavy atom. The van der Waals surface area contributed by atoms with Crippen molar-refractivity contribution in [2.24, 2.45) is 5.73 Å². The van der Waals surface area contributed by atoms with E-state index < -0.39 is 0 Å². The van der Waals surface area contributed by atoms with Gasteiger partial charge in [0.15, 0.2) is 0 Å². The van der Waals surface area contributed by atoms with Crippen LogP contribution in [0.25, 0.3) is 0 Å². The van der Waals surface area contributed by atoms with Crippen molar-refractivity contribution < 1.29 is 4.79 Å². The number of thioether (sulfide) groups is 1. The lowest BCUT2D eigenvalue weighted by molar-refractivity contribution is -0.124. The lowest BCUT2D eigenvalue weighted by atomic mass is 10.00. The third kappa shape index (κ3) is 4.03. The van der Waals surface area contributed by atoms with Crippen LogP contribution in [0.5, 0.6) is 0 Å². The van der Waals surface area contributed by atoms with E-state index in [2.05, 4.69) is 12.2 Å². The summed E-state index contributed by atoms with van der Waals surface area (Å²) < 4.78 is 0. The Balaban J connectivity index is 2.33. The summed E-state index contributed by atoms with van der Waals surface area (Å²) in [6.07, 6.45) is 7.42. The summed E-state index contributed by atoms with van der Waals surface area (Å²) >= 11 is 1.73. The first kappa shape index (κ1) is 12.8. The lowest BCUT2D eigenvalue weighted by Crippen LogP contribution is -2.50. The molecular formula is C11H22N2OS. The van der Waals surface area contributed by atoms with Crippen LogP contribution < -0.4 is 11.1 Å². The highest BCUT2D eigenvalue weighted by Gasteiger charge is 2.31. The van der Waals surface area contributed by atoms with Crippen molar-refractivity contribution in [2.45, 2.75) is 50.6 Å². The molecule has 3 nitrogen and oxygen atoms in total. The molecule has 1 aliphatic rings. The predicted molar refractivity (Wildman–Crippen MR) is 66.0 cm³/mol. The van der Waals surface area contributed by atoms with Crippen molar-refractivity contribution >= 4 is 17.7 Å². The highest BCUT2D eigenvalue weighted by atomic mass is 32.2. The van der Waals surface area contributed by atoms with Crippen molar-refractivity contribution in [3.05, 3.63) is 0 Å². The number of nitrogens with one attached hydrogen (secondary N) is 1. The van der Waals surface area contributed by atoms with Gasteiger partial charge in [-0.05, 0) is 38.2 Å². The fourth-order valence-corrected chi connectivity index (χ4v) is 2.54. The average molecular weight is 230 g/mol. The molecule has 1 aliphatic carbocycles. The molecular weight excluding hydrogens is 208 g/mol. The Bertz CT molecular complexity index is 215. The molecule has 0 bridgehead atoms. The molecule has 1 atom stereocenters. The summed E-state index contributed by atoms with van der Waals surface area (Å²) in [5, 5.41) is 3.09. The maximum Gasteiger partial charge on any atom is 0.237 e. The van der Waals surface area contributed by atoms with Crippen molar-refractivity contribution in [1.29, 1.82) is 0 Å². The van der Waals surface area contributed by atoms with Gasteiger partial charge in [-0.25, -0.2) is 0 Å². The van der Waals surface area contributed by atoms with Crippen molar-refractivity contribution in [3.63, 3.8) is 0 Å². The maximum absolute atomic E-state index is 11.8. The van der Waals surface area contributed by atoms with Crippen LogP contribution in [0.15, 0.2) is 0 Å². The zero-order chi connectivity index (χ0) is 11.3. The maximum atomic E-state index is 11.8. The van der Waals surface area contributed by atoms with E-state index in [0.29, 0.717) is 0 Å². The molecule has 0 aromatic heterocycles. The number of hydrogen-bond donors (Lipinski definition) is 2. The summed E-state index contributed by atoms with van der Waals surface area (Å²) in [7, 11) is 0. The SMILES string of the molecule is CSCC[C@@H](N)C(=O)NC1(C)CCCC1. The second kappa shape index (κ2) is 5.75. The van der Waals surface area contributed by atoms with Crippen molar-refractivity contribution in [2.75, 3.05) is 12.0 Å². The molecule has 0 radical (unpaired) electrons. The molecule has 0 saturated heterocycles. The second-order valence-corrected chi connectivity index (χ2v) is 5.63. The number of rotatable bonds is 5. The van der Waals surface area contributed by atoms with E-state index in [-0.39, 0.29) is 17.5 Å². The minimum atomic E-state index is -0.338. The Morgan fingerprint density at radius 3 is 2.67 bits per heavy atom. The van der Waals surface area contributed by atoms with Crippen LogP contribution in [0.3, 0.4) is 0 Å². The smallest absolute Gasteiger partial charge is 0.237 e. The minimum absolute atomic E-state index is 0.00800. The van der Waals surface area contributed by atoms with Crippen LogP contribution in [0.4, 0.5) is 0 Å². The van der Waals surface area contributed by atoms with Gasteiger partial charge < -0.3 is 11.1 Å². The molecule has 1 saturated carbocycles. The summed E-state index contributed by atoms with van der Waals surface area (Å²) in [4.78, 5) is 11.8. The highest BCUT2D eigenvalue weighted by Crippen LogP contribution is 2.28. The molecule has 0 aromatic rings. The molecule has 0 aliphatic heterocycles. The largest absolute Gasteiger partial charge is 0.350 e. The second-order valence-electron chi connectivity index (χ2n) is 4.64. The third-order valence-electron chi connectivity index (χ3n) is 3.10. The Hall–Kier alpha value is -0.220. The monoisotopic (exact) mass is 230 g/mol. The van der Waals surface area contributed by atoms with Gasteiger partial charge in [0.25, 0.3) is 0 Å². The quantitative estimate of drug-likeness (QED) is 0.753. The Labute approximate surface area is 96.6 Å². The van der Waals surface area contributed by atoms with Gasteiger partial charge in [-0.3, -0.25) is 4.79 Å². The van der Waals surface area contributed by atoms with Gasteiger partial charge in [-0.15, -0.1) is 0 Å². The summed E-state index contributed by atoms with van der Waals surface area (Å²) in [5.74, 6) is 0.971. The van der Waals surface area contributed by atoms with E-state index in [1.54, 1.807) is 11.8 Å². The van der Waals surface area contributed by atoms with Crippen LogP contribution in [0.2, 0.25) is 0 Å². The topological polar surface area (TPSA) is 55.1 Å². The molecule has 4 heteroatoms. The Kier molecular flexibility index (Phi) is 4.93. The summed E-state index contributed by atoms with van der Waals surface area (Å²) in [5.41, 5.74) is 5.82. The van der Waals surface area contributed by atoms with Crippen LogP contribution >= 0.6 is 11.8 Å². The lowest BCUT2D eigenvalue weighted by Gasteiger charge is -2.27. The number of nitrogens with two attached hydrogens (primary N) is 1. The molecule has 1 fully saturated rings. The predicted octanol–water partition coefficient (Wildman–Crippen LogP) is 1.52. The highest BCUT2D eigenvalue weighted by molar-refractivity contribution is 7.98. The van der Waals surface area contributed by atoms with Crippen LogP contribution in [-0.2, 0) is 4.79 Å². The van der Waals surface area contributed by atoms with Crippen LogP contribution in [0, 0.1) is 0 Å². The van der Waals surface area contributed by atoms with Gasteiger partial charge >= 0.3 is 0 Å². The molecule has 0 aromatic carbocycles. The number of amides is 1.